The molecule has 0 fully saturated rings. The van der Waals surface area contributed by atoms with Gasteiger partial charge in [-0.15, -0.1) is 11.3 Å². The predicted molar refractivity (Wildman–Crippen MR) is 116 cm³/mol. The van der Waals surface area contributed by atoms with Crippen molar-refractivity contribution in [1.82, 2.24) is 9.97 Å². The molecule has 0 saturated carbocycles. The molecular weight excluding hydrogens is 406 g/mol. The number of ether oxygens (including phenoxy) is 2. The number of nitrogens with zero attached hydrogens (tertiary/aromatic N) is 2. The lowest BCUT2D eigenvalue weighted by Crippen LogP contribution is -2.10. The van der Waals surface area contributed by atoms with Gasteiger partial charge >= 0.3 is 0 Å². The van der Waals surface area contributed by atoms with Gasteiger partial charge in [-0.2, -0.15) is 0 Å². The molecule has 0 saturated heterocycles. The molecular formula is C21H13N3O3S2. The summed E-state index contributed by atoms with van der Waals surface area (Å²) in [7, 11) is 0. The third-order valence-corrected chi connectivity index (χ3v) is 7.09. The highest BCUT2D eigenvalue weighted by Crippen LogP contribution is 2.39. The molecule has 6 rings (SSSR count). The Morgan fingerprint density at radius 1 is 1.03 bits per heavy atom. The van der Waals surface area contributed by atoms with Crippen molar-refractivity contribution >= 4 is 65.0 Å². The molecule has 1 amide bonds. The fourth-order valence-electron chi connectivity index (χ4n) is 3.48. The van der Waals surface area contributed by atoms with Gasteiger partial charge in [-0.1, -0.05) is 23.5 Å². The normalized spacial score (nSPS) is 12.9. The third kappa shape index (κ3) is 2.64. The minimum Gasteiger partial charge on any atom is -0.454 e. The van der Waals surface area contributed by atoms with E-state index in [0.717, 1.165) is 42.6 Å². The van der Waals surface area contributed by atoms with E-state index in [0.29, 0.717) is 15.8 Å². The topological polar surface area (TPSA) is 73.3 Å². The fraction of sp³-hybridized carbons (Fsp3) is 0.0952. The highest BCUT2D eigenvalue weighted by Gasteiger charge is 2.20. The van der Waals surface area contributed by atoms with Crippen LogP contribution < -0.4 is 14.8 Å². The minimum atomic E-state index is -0.164. The van der Waals surface area contributed by atoms with Crippen LogP contribution in [0.5, 0.6) is 11.5 Å². The lowest BCUT2D eigenvalue weighted by Gasteiger charge is -2.01. The van der Waals surface area contributed by atoms with E-state index < -0.39 is 0 Å². The molecule has 0 unspecified atom stereocenters. The number of amides is 1. The summed E-state index contributed by atoms with van der Waals surface area (Å²) in [6, 6.07) is 13.7. The summed E-state index contributed by atoms with van der Waals surface area (Å²) in [5.41, 5.74) is 2.61. The number of rotatable bonds is 2. The van der Waals surface area contributed by atoms with Crippen LogP contribution in [-0.2, 0) is 0 Å². The van der Waals surface area contributed by atoms with Crippen LogP contribution in [0.2, 0.25) is 0 Å². The van der Waals surface area contributed by atoms with Crippen LogP contribution in [0.15, 0.2) is 42.5 Å². The van der Waals surface area contributed by atoms with Gasteiger partial charge in [0, 0.05) is 16.8 Å². The number of para-hydroxylation sites is 1. The lowest BCUT2D eigenvalue weighted by molar-refractivity contribution is 0.103. The molecule has 29 heavy (non-hydrogen) atoms. The maximum absolute atomic E-state index is 12.9. The minimum absolute atomic E-state index is 0.164. The number of fused-ring (bicyclic) bond motifs is 4. The Morgan fingerprint density at radius 3 is 2.72 bits per heavy atom. The molecule has 0 radical (unpaired) electrons. The van der Waals surface area contributed by atoms with Crippen LogP contribution in [-0.4, -0.2) is 22.7 Å². The second-order valence-corrected chi connectivity index (χ2v) is 8.77. The number of pyridine rings is 1. The molecule has 1 N–H and O–H groups in total. The third-order valence-electron chi connectivity index (χ3n) is 4.94. The summed E-state index contributed by atoms with van der Waals surface area (Å²) < 4.78 is 12.0. The van der Waals surface area contributed by atoms with E-state index in [9.17, 15) is 4.79 Å². The number of nitrogens with one attached hydrogen (secondary N) is 1. The van der Waals surface area contributed by atoms with Crippen molar-refractivity contribution in [3.63, 3.8) is 0 Å². The lowest BCUT2D eigenvalue weighted by atomic mass is 10.1. The Balaban J connectivity index is 1.41. The summed E-state index contributed by atoms with van der Waals surface area (Å²) in [5.74, 6) is 1.26. The standard InChI is InChI=1S/C21H13N3O3S2/c1-10-12-6-11-7-15-16(27-9-26-15)8-14(11)22-20(12)29-18(10)19(25)24-21-23-13-4-2-3-5-17(13)28-21/h2-8H,9H2,1H3,(H,23,24,25). The first-order valence-corrected chi connectivity index (χ1v) is 10.6. The van der Waals surface area contributed by atoms with Crippen LogP contribution in [0.1, 0.15) is 15.2 Å². The number of thiophene rings is 1. The van der Waals surface area contributed by atoms with Crippen LogP contribution in [0.3, 0.4) is 0 Å². The molecule has 2 aromatic carbocycles. The number of hydrogen-bond donors (Lipinski definition) is 1. The molecule has 3 aromatic heterocycles. The predicted octanol–water partition coefficient (Wildman–Crippen LogP) is 5.35. The van der Waals surface area contributed by atoms with E-state index in [4.69, 9.17) is 14.5 Å². The van der Waals surface area contributed by atoms with E-state index in [2.05, 4.69) is 16.4 Å². The van der Waals surface area contributed by atoms with Crippen LogP contribution in [0.25, 0.3) is 31.3 Å². The summed E-state index contributed by atoms with van der Waals surface area (Å²) in [4.78, 5) is 23.6. The Kier molecular flexibility index (Phi) is 3.53. The van der Waals surface area contributed by atoms with E-state index in [-0.39, 0.29) is 12.7 Å². The largest absolute Gasteiger partial charge is 0.454 e. The molecule has 6 nitrogen and oxygen atoms in total. The molecule has 5 aromatic rings. The Morgan fingerprint density at radius 2 is 1.86 bits per heavy atom. The summed E-state index contributed by atoms with van der Waals surface area (Å²) in [5, 5.41) is 5.46. The molecule has 8 heteroatoms. The van der Waals surface area contributed by atoms with Crippen molar-refractivity contribution in [2.45, 2.75) is 6.92 Å². The summed E-state index contributed by atoms with van der Waals surface area (Å²) >= 11 is 2.85. The maximum atomic E-state index is 12.9. The van der Waals surface area contributed by atoms with Gasteiger partial charge in [0.15, 0.2) is 16.6 Å². The second-order valence-electron chi connectivity index (χ2n) is 6.74. The highest BCUT2D eigenvalue weighted by molar-refractivity contribution is 7.23. The Bertz CT molecular complexity index is 1420. The van der Waals surface area contributed by atoms with Crippen LogP contribution >= 0.6 is 22.7 Å². The number of benzene rings is 2. The van der Waals surface area contributed by atoms with Crippen molar-refractivity contribution in [3.05, 3.63) is 52.9 Å². The maximum Gasteiger partial charge on any atom is 0.267 e. The van der Waals surface area contributed by atoms with Crippen LogP contribution in [0, 0.1) is 6.92 Å². The van der Waals surface area contributed by atoms with Crippen molar-refractivity contribution in [1.29, 1.82) is 0 Å². The molecule has 1 aliphatic heterocycles. The first-order chi connectivity index (χ1) is 14.2. The van der Waals surface area contributed by atoms with Gasteiger partial charge in [0.25, 0.3) is 5.91 Å². The number of aryl methyl sites for hydroxylation is 1. The van der Waals surface area contributed by atoms with Crippen molar-refractivity contribution in [2.24, 2.45) is 0 Å². The van der Waals surface area contributed by atoms with Crippen LogP contribution in [0.4, 0.5) is 5.13 Å². The molecule has 1 aliphatic rings. The van der Waals surface area contributed by atoms with Crippen molar-refractivity contribution < 1.29 is 14.3 Å². The molecule has 0 aliphatic carbocycles. The van der Waals surface area contributed by atoms with Crippen molar-refractivity contribution in [2.75, 3.05) is 12.1 Å². The number of aromatic nitrogens is 2. The number of hydrogen-bond acceptors (Lipinski definition) is 7. The van der Waals surface area contributed by atoms with Gasteiger partial charge in [-0.25, -0.2) is 9.97 Å². The van der Waals surface area contributed by atoms with Gasteiger partial charge in [0.05, 0.1) is 20.6 Å². The highest BCUT2D eigenvalue weighted by atomic mass is 32.1. The zero-order valence-corrected chi connectivity index (χ0v) is 16.8. The number of anilines is 1. The summed E-state index contributed by atoms with van der Waals surface area (Å²) in [6.45, 7) is 2.18. The quantitative estimate of drug-likeness (QED) is 0.418. The smallest absolute Gasteiger partial charge is 0.267 e. The van der Waals surface area contributed by atoms with E-state index in [1.807, 2.05) is 43.3 Å². The van der Waals surface area contributed by atoms with Crippen molar-refractivity contribution in [3.8, 4) is 11.5 Å². The first kappa shape index (κ1) is 16.7. The zero-order valence-electron chi connectivity index (χ0n) is 15.2. The zero-order chi connectivity index (χ0) is 19.5. The van der Waals surface area contributed by atoms with E-state index in [1.54, 1.807) is 0 Å². The molecule has 0 atom stereocenters. The Labute approximate surface area is 172 Å². The molecule has 0 bridgehead atoms. The molecule has 0 spiro atoms. The Hall–Kier alpha value is -3.23. The monoisotopic (exact) mass is 419 g/mol. The molecule has 142 valence electrons. The van der Waals surface area contributed by atoms with E-state index in [1.165, 1.54) is 22.7 Å². The number of carbonyl (C=O) groups is 1. The summed E-state index contributed by atoms with van der Waals surface area (Å²) in [6.07, 6.45) is 0. The van der Waals surface area contributed by atoms with E-state index >= 15 is 0 Å². The average Bonchev–Trinajstić information content (AvgIpc) is 3.41. The van der Waals surface area contributed by atoms with Gasteiger partial charge in [-0.05, 0) is 36.8 Å². The fourth-order valence-corrected chi connectivity index (χ4v) is 5.41. The SMILES string of the molecule is Cc1c(C(=O)Nc2nc3ccccc3s2)sc2nc3cc4c(cc3cc12)OCO4. The first-order valence-electron chi connectivity index (χ1n) is 8.96. The number of carbonyl (C=O) groups excluding carboxylic acids is 1. The number of thiazole rings is 1. The second kappa shape index (κ2) is 6.13. The van der Waals surface area contributed by atoms with Gasteiger partial charge in [-0.3, -0.25) is 10.1 Å². The average molecular weight is 419 g/mol. The van der Waals surface area contributed by atoms with Gasteiger partial charge in [0.1, 0.15) is 4.83 Å². The van der Waals surface area contributed by atoms with Gasteiger partial charge < -0.3 is 9.47 Å². The van der Waals surface area contributed by atoms with Gasteiger partial charge in [0.2, 0.25) is 6.79 Å². The molecule has 4 heterocycles.